The molecule has 3 aromatic carbocycles. The van der Waals surface area contributed by atoms with E-state index >= 15 is 0 Å². The number of amides is 2. The van der Waals surface area contributed by atoms with Gasteiger partial charge in [-0.3, -0.25) is 9.59 Å². The third-order valence-electron chi connectivity index (χ3n) is 5.01. The first kappa shape index (κ1) is 24.3. The van der Waals surface area contributed by atoms with Crippen LogP contribution in [-0.4, -0.2) is 32.1 Å². The molecule has 6 heteroatoms. The van der Waals surface area contributed by atoms with Crippen LogP contribution < -0.4 is 20.1 Å². The number of ether oxygens (including phenoxy) is 2. The topological polar surface area (TPSA) is 76.7 Å². The Labute approximate surface area is 199 Å². The predicted molar refractivity (Wildman–Crippen MR) is 134 cm³/mol. The van der Waals surface area contributed by atoms with E-state index in [1.807, 2.05) is 72.8 Å². The molecule has 3 rings (SSSR count). The lowest BCUT2D eigenvalue weighted by atomic mass is 9.97. The Balaban J connectivity index is 1.61. The number of nitrogens with one attached hydrogen (secondary N) is 2. The van der Waals surface area contributed by atoms with Crippen LogP contribution in [0.3, 0.4) is 0 Å². The molecule has 0 bridgehead atoms. The largest absolute Gasteiger partial charge is 0.493 e. The summed E-state index contributed by atoms with van der Waals surface area (Å²) >= 11 is 0. The van der Waals surface area contributed by atoms with E-state index in [9.17, 15) is 9.59 Å². The van der Waals surface area contributed by atoms with Gasteiger partial charge in [0.25, 0.3) is 0 Å². The number of hydrogen-bond donors (Lipinski definition) is 2. The quantitative estimate of drug-likeness (QED) is 0.332. The summed E-state index contributed by atoms with van der Waals surface area (Å²) in [5.74, 6) is 0.809. The van der Waals surface area contributed by atoms with Gasteiger partial charge in [0.1, 0.15) is 6.61 Å². The maximum atomic E-state index is 12.2. The van der Waals surface area contributed by atoms with Crippen LogP contribution in [0.1, 0.15) is 11.1 Å². The summed E-state index contributed by atoms with van der Waals surface area (Å²) in [6.07, 6.45) is 4.46. The molecule has 0 atom stereocenters. The van der Waals surface area contributed by atoms with Crippen molar-refractivity contribution >= 4 is 17.9 Å². The van der Waals surface area contributed by atoms with Gasteiger partial charge in [-0.15, -0.1) is 0 Å². The highest BCUT2D eigenvalue weighted by atomic mass is 16.5. The van der Waals surface area contributed by atoms with Crippen LogP contribution in [-0.2, 0) is 16.1 Å². The molecule has 0 fully saturated rings. The Kier molecular flexibility index (Phi) is 9.05. The molecule has 0 aliphatic rings. The van der Waals surface area contributed by atoms with Crippen LogP contribution in [0.5, 0.6) is 11.5 Å². The van der Waals surface area contributed by atoms with Crippen LogP contribution in [0.15, 0.2) is 91.5 Å². The highest BCUT2D eigenvalue weighted by Crippen LogP contribution is 2.26. The van der Waals surface area contributed by atoms with Crippen molar-refractivity contribution in [2.45, 2.75) is 6.54 Å². The minimum absolute atomic E-state index is 0.225. The molecule has 6 nitrogen and oxygen atoms in total. The van der Waals surface area contributed by atoms with Gasteiger partial charge in [-0.05, 0) is 52.6 Å². The van der Waals surface area contributed by atoms with Crippen molar-refractivity contribution in [1.29, 1.82) is 0 Å². The zero-order valence-electron chi connectivity index (χ0n) is 19.1. The van der Waals surface area contributed by atoms with Crippen LogP contribution >= 0.6 is 0 Å². The molecule has 3 aromatic rings. The predicted octanol–water partition coefficient (Wildman–Crippen LogP) is 4.37. The van der Waals surface area contributed by atoms with E-state index in [4.69, 9.17) is 9.47 Å². The fourth-order valence-electron chi connectivity index (χ4n) is 3.32. The normalized spacial score (nSPS) is 10.5. The maximum absolute atomic E-state index is 12.2. The Morgan fingerprint density at radius 2 is 1.65 bits per heavy atom. The SMILES string of the molecule is C=CC(=O)NCc1cc(C=CC(=O)NCCOc2ccccc2OC)ccc1-c1ccccc1. The Morgan fingerprint density at radius 3 is 2.38 bits per heavy atom. The average molecular weight is 457 g/mol. The van der Waals surface area contributed by atoms with Crippen LogP contribution in [0.25, 0.3) is 17.2 Å². The smallest absolute Gasteiger partial charge is 0.244 e. The number of benzene rings is 3. The second-order valence-electron chi connectivity index (χ2n) is 7.33. The molecule has 0 saturated heterocycles. The lowest BCUT2D eigenvalue weighted by molar-refractivity contribution is -0.117. The number of carbonyl (C=O) groups is 2. The fourth-order valence-corrected chi connectivity index (χ4v) is 3.32. The second kappa shape index (κ2) is 12.6. The molecule has 2 N–H and O–H groups in total. The zero-order valence-corrected chi connectivity index (χ0v) is 19.1. The van der Waals surface area contributed by atoms with Crippen molar-refractivity contribution in [3.63, 3.8) is 0 Å². The summed E-state index contributed by atoms with van der Waals surface area (Å²) in [4.78, 5) is 23.9. The van der Waals surface area contributed by atoms with Gasteiger partial charge in [-0.25, -0.2) is 0 Å². The summed E-state index contributed by atoms with van der Waals surface area (Å²) in [5, 5.41) is 5.62. The van der Waals surface area contributed by atoms with Crippen LogP contribution in [0.2, 0.25) is 0 Å². The molecule has 34 heavy (non-hydrogen) atoms. The highest BCUT2D eigenvalue weighted by Gasteiger charge is 2.07. The van der Waals surface area contributed by atoms with Gasteiger partial charge in [0.15, 0.2) is 11.5 Å². The first-order valence-corrected chi connectivity index (χ1v) is 10.9. The number of para-hydroxylation sites is 2. The summed E-state index contributed by atoms with van der Waals surface area (Å²) in [6.45, 7) is 4.52. The van der Waals surface area contributed by atoms with E-state index < -0.39 is 0 Å². The molecule has 0 saturated carbocycles. The third-order valence-corrected chi connectivity index (χ3v) is 5.01. The lowest BCUT2D eigenvalue weighted by Gasteiger charge is -2.12. The Morgan fingerprint density at radius 1 is 0.912 bits per heavy atom. The third kappa shape index (κ3) is 7.10. The maximum Gasteiger partial charge on any atom is 0.244 e. The molecular weight excluding hydrogens is 428 g/mol. The van der Waals surface area contributed by atoms with E-state index in [0.717, 1.165) is 22.3 Å². The Hall–Kier alpha value is -4.32. The first-order chi connectivity index (χ1) is 16.6. The van der Waals surface area contributed by atoms with Gasteiger partial charge in [0, 0.05) is 12.6 Å². The Bertz CT molecular complexity index is 1160. The molecule has 0 spiro atoms. The molecule has 0 aromatic heterocycles. The number of carbonyl (C=O) groups excluding carboxylic acids is 2. The fraction of sp³-hybridized carbons (Fsp3) is 0.143. The van der Waals surface area contributed by atoms with Crippen LogP contribution in [0, 0.1) is 0 Å². The van der Waals surface area contributed by atoms with Gasteiger partial charge in [-0.2, -0.15) is 0 Å². The average Bonchev–Trinajstić information content (AvgIpc) is 2.89. The molecule has 0 aliphatic heterocycles. The highest BCUT2D eigenvalue weighted by molar-refractivity contribution is 5.92. The summed E-state index contributed by atoms with van der Waals surface area (Å²) < 4.78 is 10.9. The van der Waals surface area contributed by atoms with E-state index in [1.165, 1.54) is 12.2 Å². The summed E-state index contributed by atoms with van der Waals surface area (Å²) in [6, 6.07) is 23.2. The van der Waals surface area contributed by atoms with Crippen molar-refractivity contribution in [1.82, 2.24) is 10.6 Å². The van der Waals surface area contributed by atoms with Gasteiger partial charge in [-0.1, -0.05) is 61.2 Å². The first-order valence-electron chi connectivity index (χ1n) is 10.9. The summed E-state index contributed by atoms with van der Waals surface area (Å²) in [5.41, 5.74) is 3.85. The minimum Gasteiger partial charge on any atom is -0.493 e. The van der Waals surface area contributed by atoms with Crippen molar-refractivity contribution in [3.05, 3.63) is 103 Å². The monoisotopic (exact) mass is 456 g/mol. The number of methoxy groups -OCH3 is 1. The molecule has 2 amide bonds. The van der Waals surface area contributed by atoms with Crippen molar-refractivity contribution in [3.8, 4) is 22.6 Å². The van der Waals surface area contributed by atoms with Gasteiger partial charge in [0.2, 0.25) is 11.8 Å². The van der Waals surface area contributed by atoms with Gasteiger partial charge >= 0.3 is 0 Å². The zero-order chi connectivity index (χ0) is 24.2. The van der Waals surface area contributed by atoms with Crippen LogP contribution in [0.4, 0.5) is 0 Å². The summed E-state index contributed by atoms with van der Waals surface area (Å²) in [7, 11) is 1.58. The molecule has 0 aliphatic carbocycles. The van der Waals surface area contributed by atoms with E-state index in [-0.39, 0.29) is 11.8 Å². The molecule has 174 valence electrons. The molecule has 0 heterocycles. The van der Waals surface area contributed by atoms with Crippen molar-refractivity contribution in [2.24, 2.45) is 0 Å². The standard InChI is InChI=1S/C28H28N2O4/c1-3-27(31)30-20-23-19-21(13-15-24(23)22-9-5-4-6-10-22)14-16-28(32)29-17-18-34-26-12-8-7-11-25(26)33-2/h3-16,19H,1,17-18,20H2,2H3,(H,29,32)(H,30,31). The molecule has 0 unspecified atom stereocenters. The van der Waals surface area contributed by atoms with E-state index in [0.29, 0.717) is 31.2 Å². The van der Waals surface area contributed by atoms with Crippen molar-refractivity contribution in [2.75, 3.05) is 20.3 Å². The van der Waals surface area contributed by atoms with E-state index in [1.54, 1.807) is 13.2 Å². The van der Waals surface area contributed by atoms with Gasteiger partial charge < -0.3 is 20.1 Å². The van der Waals surface area contributed by atoms with E-state index in [2.05, 4.69) is 17.2 Å². The molecule has 0 radical (unpaired) electrons. The minimum atomic E-state index is -0.241. The second-order valence-corrected chi connectivity index (χ2v) is 7.33. The van der Waals surface area contributed by atoms with Gasteiger partial charge in [0.05, 0.1) is 13.7 Å². The number of rotatable bonds is 11. The van der Waals surface area contributed by atoms with Crippen molar-refractivity contribution < 1.29 is 19.1 Å². The number of hydrogen-bond acceptors (Lipinski definition) is 4. The molecular formula is C28H28N2O4. The lowest BCUT2D eigenvalue weighted by Crippen LogP contribution is -2.26.